The Labute approximate surface area is 213 Å². The predicted molar refractivity (Wildman–Crippen MR) is 143 cm³/mol. The van der Waals surface area contributed by atoms with Crippen molar-refractivity contribution in [1.29, 1.82) is 0 Å². The van der Waals surface area contributed by atoms with Gasteiger partial charge in [-0.25, -0.2) is 8.42 Å². The van der Waals surface area contributed by atoms with Crippen LogP contribution in [0.1, 0.15) is 42.6 Å². The van der Waals surface area contributed by atoms with Gasteiger partial charge in [-0.2, -0.15) is 0 Å². The number of sulfonamides is 1. The summed E-state index contributed by atoms with van der Waals surface area (Å²) in [5.74, 6) is 1.16. The Morgan fingerprint density at radius 3 is 2.28 bits per heavy atom. The summed E-state index contributed by atoms with van der Waals surface area (Å²) in [5.41, 5.74) is 2.70. The molecular weight excluding hydrogens is 474 g/mol. The number of nitrogens with one attached hydrogen (secondary N) is 2. The molecule has 0 spiro atoms. The lowest BCUT2D eigenvalue weighted by molar-refractivity contribution is 0.102. The fourth-order valence-corrected chi connectivity index (χ4v) is 5.43. The number of anilines is 2. The van der Waals surface area contributed by atoms with Crippen LogP contribution in [0.3, 0.4) is 0 Å². The van der Waals surface area contributed by atoms with E-state index in [-0.39, 0.29) is 10.8 Å². The third-order valence-electron chi connectivity index (χ3n) is 6.20. The molecule has 4 rings (SSSR count). The first kappa shape index (κ1) is 25.7. The van der Waals surface area contributed by atoms with Crippen molar-refractivity contribution in [2.45, 2.75) is 38.1 Å². The molecular formula is C28H33N3O4S. The number of ether oxygens (including phenoxy) is 1. The van der Waals surface area contributed by atoms with Gasteiger partial charge in [-0.05, 0) is 98.5 Å². The van der Waals surface area contributed by atoms with Gasteiger partial charge in [0.2, 0.25) is 0 Å². The Morgan fingerprint density at radius 2 is 1.64 bits per heavy atom. The molecule has 190 valence electrons. The molecule has 0 aliphatic carbocycles. The van der Waals surface area contributed by atoms with Gasteiger partial charge in [0, 0.05) is 30.0 Å². The van der Waals surface area contributed by atoms with Crippen molar-refractivity contribution in [3.8, 4) is 5.75 Å². The van der Waals surface area contributed by atoms with Crippen molar-refractivity contribution in [2.24, 2.45) is 5.92 Å². The molecule has 1 amide bonds. The normalized spacial score (nSPS) is 16.3. The van der Waals surface area contributed by atoms with E-state index in [2.05, 4.69) is 21.9 Å². The van der Waals surface area contributed by atoms with Crippen LogP contribution < -0.4 is 14.8 Å². The molecule has 8 heteroatoms. The van der Waals surface area contributed by atoms with Gasteiger partial charge in [-0.1, -0.05) is 19.1 Å². The van der Waals surface area contributed by atoms with Gasteiger partial charge in [-0.15, -0.1) is 0 Å². The van der Waals surface area contributed by atoms with Crippen LogP contribution >= 0.6 is 0 Å². The Hall–Kier alpha value is -3.36. The molecule has 1 aliphatic rings. The lowest BCUT2D eigenvalue weighted by Crippen LogP contribution is -2.33. The first-order valence-electron chi connectivity index (χ1n) is 12.3. The van der Waals surface area contributed by atoms with Gasteiger partial charge in [-0.3, -0.25) is 14.4 Å². The Morgan fingerprint density at radius 1 is 0.972 bits per heavy atom. The minimum absolute atomic E-state index is 0.103. The van der Waals surface area contributed by atoms with Gasteiger partial charge >= 0.3 is 0 Å². The highest BCUT2D eigenvalue weighted by molar-refractivity contribution is 7.92. The summed E-state index contributed by atoms with van der Waals surface area (Å²) in [7, 11) is -3.76. The highest BCUT2D eigenvalue weighted by atomic mass is 32.2. The van der Waals surface area contributed by atoms with Gasteiger partial charge in [0.15, 0.2) is 0 Å². The number of rotatable bonds is 9. The number of piperidine rings is 1. The van der Waals surface area contributed by atoms with E-state index >= 15 is 0 Å². The van der Waals surface area contributed by atoms with E-state index in [1.54, 1.807) is 36.4 Å². The van der Waals surface area contributed by atoms with Crippen molar-refractivity contribution in [1.82, 2.24) is 4.90 Å². The van der Waals surface area contributed by atoms with E-state index in [1.807, 2.05) is 31.2 Å². The molecule has 1 aliphatic heterocycles. The number of hydrogen-bond acceptors (Lipinski definition) is 5. The first-order chi connectivity index (χ1) is 17.3. The number of likely N-dealkylation sites (tertiary alicyclic amines) is 1. The number of amides is 1. The second-order valence-electron chi connectivity index (χ2n) is 9.22. The van der Waals surface area contributed by atoms with E-state index in [9.17, 15) is 13.2 Å². The number of carbonyl (C=O) groups excluding carboxylic acids is 1. The van der Waals surface area contributed by atoms with E-state index < -0.39 is 10.0 Å². The topological polar surface area (TPSA) is 87.7 Å². The van der Waals surface area contributed by atoms with E-state index in [0.717, 1.165) is 25.6 Å². The number of carbonyl (C=O) groups is 1. The molecule has 0 unspecified atom stereocenters. The van der Waals surface area contributed by atoms with Crippen LogP contribution in [0.4, 0.5) is 11.4 Å². The molecule has 0 radical (unpaired) electrons. The lowest BCUT2D eigenvalue weighted by Gasteiger charge is -2.30. The van der Waals surface area contributed by atoms with Crippen molar-refractivity contribution >= 4 is 27.3 Å². The second kappa shape index (κ2) is 11.6. The third-order valence-corrected chi connectivity index (χ3v) is 7.60. The quantitative estimate of drug-likeness (QED) is 0.407. The van der Waals surface area contributed by atoms with Crippen molar-refractivity contribution < 1.29 is 17.9 Å². The standard InChI is InChI=1S/C28H33N3O4S/c1-3-35-26-14-10-25(11-15-26)30-36(33,34)27-16-12-24(13-17-27)29-28(32)23-8-6-22(7-9-23)20-31-18-4-5-21(2)19-31/h6-17,21,30H,3-5,18-20H2,1-2H3,(H,29,32)/t21-/m1/s1. The maximum absolute atomic E-state index is 12.7. The van der Waals surface area contributed by atoms with Crippen LogP contribution in [0.15, 0.2) is 77.7 Å². The molecule has 1 saturated heterocycles. The van der Waals surface area contributed by atoms with Gasteiger partial charge < -0.3 is 10.1 Å². The predicted octanol–water partition coefficient (Wildman–Crippen LogP) is 5.37. The minimum atomic E-state index is -3.76. The summed E-state index contributed by atoms with van der Waals surface area (Å²) >= 11 is 0. The van der Waals surface area contributed by atoms with E-state index in [0.29, 0.717) is 29.3 Å². The molecule has 3 aromatic rings. The third kappa shape index (κ3) is 6.86. The number of hydrogen-bond donors (Lipinski definition) is 2. The molecule has 7 nitrogen and oxygen atoms in total. The van der Waals surface area contributed by atoms with Crippen LogP contribution in [0, 0.1) is 5.92 Å². The zero-order valence-corrected chi connectivity index (χ0v) is 21.6. The van der Waals surface area contributed by atoms with Gasteiger partial charge in [0.25, 0.3) is 15.9 Å². The van der Waals surface area contributed by atoms with E-state index in [4.69, 9.17) is 4.74 Å². The SMILES string of the molecule is CCOc1ccc(NS(=O)(=O)c2ccc(NC(=O)c3ccc(CN4CCC[C@@H](C)C4)cc3)cc2)cc1. The molecule has 2 N–H and O–H groups in total. The fourth-order valence-electron chi connectivity index (χ4n) is 4.37. The van der Waals surface area contributed by atoms with Crippen molar-refractivity contribution in [3.63, 3.8) is 0 Å². The minimum Gasteiger partial charge on any atom is -0.494 e. The number of benzene rings is 3. The molecule has 1 atom stereocenters. The van der Waals surface area contributed by atoms with Gasteiger partial charge in [0.05, 0.1) is 11.5 Å². The smallest absolute Gasteiger partial charge is 0.261 e. The van der Waals surface area contributed by atoms with Crippen molar-refractivity contribution in [3.05, 3.63) is 83.9 Å². The summed E-state index contributed by atoms with van der Waals surface area (Å²) in [5, 5.41) is 2.83. The van der Waals surface area contributed by atoms with Crippen molar-refractivity contribution in [2.75, 3.05) is 29.7 Å². The molecule has 0 saturated carbocycles. The lowest BCUT2D eigenvalue weighted by atomic mass is 9.99. The monoisotopic (exact) mass is 507 g/mol. The fraction of sp³-hybridized carbons (Fsp3) is 0.321. The summed E-state index contributed by atoms with van der Waals surface area (Å²) in [4.78, 5) is 15.3. The van der Waals surface area contributed by atoms with Crippen LogP contribution in [-0.4, -0.2) is 38.9 Å². The average Bonchev–Trinajstić information content (AvgIpc) is 2.86. The maximum atomic E-state index is 12.7. The zero-order chi connectivity index (χ0) is 25.5. The molecule has 3 aromatic carbocycles. The van der Waals surface area contributed by atoms with E-state index in [1.165, 1.54) is 30.5 Å². The average molecular weight is 508 g/mol. The summed E-state index contributed by atoms with van der Waals surface area (Å²) in [6.45, 7) is 7.85. The van der Waals surface area contributed by atoms with Crippen LogP contribution in [0.5, 0.6) is 5.75 Å². The highest BCUT2D eigenvalue weighted by Gasteiger charge is 2.17. The first-order valence-corrected chi connectivity index (χ1v) is 13.8. The molecule has 0 bridgehead atoms. The Bertz CT molecular complexity index is 1260. The Kier molecular flexibility index (Phi) is 8.28. The Balaban J connectivity index is 1.34. The summed E-state index contributed by atoms with van der Waals surface area (Å²) in [6, 6.07) is 20.5. The highest BCUT2D eigenvalue weighted by Crippen LogP contribution is 2.22. The largest absolute Gasteiger partial charge is 0.494 e. The second-order valence-corrected chi connectivity index (χ2v) is 10.9. The number of nitrogens with zero attached hydrogens (tertiary/aromatic N) is 1. The molecule has 1 heterocycles. The molecule has 0 aromatic heterocycles. The van der Waals surface area contributed by atoms with Crippen LogP contribution in [0.25, 0.3) is 0 Å². The summed E-state index contributed by atoms with van der Waals surface area (Å²) < 4.78 is 33.4. The summed E-state index contributed by atoms with van der Waals surface area (Å²) in [6.07, 6.45) is 2.53. The maximum Gasteiger partial charge on any atom is 0.261 e. The van der Waals surface area contributed by atoms with Crippen LogP contribution in [0.2, 0.25) is 0 Å². The van der Waals surface area contributed by atoms with Gasteiger partial charge in [0.1, 0.15) is 5.75 Å². The molecule has 1 fully saturated rings. The van der Waals surface area contributed by atoms with Crippen LogP contribution in [-0.2, 0) is 16.6 Å². The zero-order valence-electron chi connectivity index (χ0n) is 20.7. The molecule has 36 heavy (non-hydrogen) atoms.